The highest BCUT2D eigenvalue weighted by atomic mass is 19.1. The van der Waals surface area contributed by atoms with E-state index in [2.05, 4.69) is 36.0 Å². The fourth-order valence-corrected chi connectivity index (χ4v) is 7.20. The zero-order chi connectivity index (χ0) is 28.9. The Morgan fingerprint density at radius 1 is 1.24 bits per heavy atom. The molecule has 8 nitrogen and oxygen atoms in total. The summed E-state index contributed by atoms with van der Waals surface area (Å²) in [5, 5.41) is 14.3. The van der Waals surface area contributed by atoms with Crippen LogP contribution in [0.3, 0.4) is 0 Å². The smallest absolute Gasteiger partial charge is 0.261 e. The highest BCUT2D eigenvalue weighted by Gasteiger charge is 2.56. The molecule has 41 heavy (non-hydrogen) atoms. The van der Waals surface area contributed by atoms with Crippen LogP contribution in [0.5, 0.6) is 5.75 Å². The van der Waals surface area contributed by atoms with E-state index < -0.39 is 0 Å². The number of hydrogen-bond donors (Lipinski definition) is 2. The molecule has 1 aliphatic heterocycles. The van der Waals surface area contributed by atoms with Gasteiger partial charge in [0.1, 0.15) is 11.6 Å². The van der Waals surface area contributed by atoms with Gasteiger partial charge >= 0.3 is 0 Å². The molecular formula is C32H40FN5O3. The molecule has 0 radical (unpaired) electrons. The van der Waals surface area contributed by atoms with E-state index in [1.165, 1.54) is 30.5 Å². The molecule has 0 amide bonds. The van der Waals surface area contributed by atoms with Gasteiger partial charge in [0, 0.05) is 31.4 Å². The molecule has 3 aliphatic carbocycles. The lowest BCUT2D eigenvalue weighted by atomic mass is 9.45. The van der Waals surface area contributed by atoms with Crippen molar-refractivity contribution in [3.05, 3.63) is 64.5 Å². The molecule has 218 valence electrons. The molecule has 2 N–H and O–H groups in total. The lowest BCUT2D eigenvalue weighted by Gasteiger charge is -2.61. The summed E-state index contributed by atoms with van der Waals surface area (Å²) in [5.74, 6) is 2.79. The molecule has 2 aromatic carbocycles. The van der Waals surface area contributed by atoms with Crippen molar-refractivity contribution in [2.45, 2.75) is 65.1 Å². The number of aliphatic hydroxyl groups is 1. The number of methoxy groups -OCH3 is 1. The predicted octanol–water partition coefficient (Wildman–Crippen LogP) is 4.69. The number of guanidine groups is 1. The minimum Gasteiger partial charge on any atom is -0.497 e. The average Bonchev–Trinajstić information content (AvgIpc) is 3.39. The molecule has 3 aromatic rings. The van der Waals surface area contributed by atoms with E-state index in [1.54, 1.807) is 18.2 Å². The third-order valence-corrected chi connectivity index (χ3v) is 10.0. The zero-order valence-electron chi connectivity index (χ0n) is 24.3. The van der Waals surface area contributed by atoms with Crippen LogP contribution in [0.15, 0.2) is 52.5 Å². The summed E-state index contributed by atoms with van der Waals surface area (Å²) in [7, 11) is 1.50. The zero-order valence-corrected chi connectivity index (χ0v) is 24.3. The van der Waals surface area contributed by atoms with Gasteiger partial charge in [0.2, 0.25) is 0 Å². The fourth-order valence-electron chi connectivity index (χ4n) is 7.20. The van der Waals surface area contributed by atoms with Crippen LogP contribution in [-0.4, -0.2) is 57.9 Å². The number of halogens is 1. The van der Waals surface area contributed by atoms with Crippen molar-refractivity contribution in [1.29, 1.82) is 0 Å². The Labute approximate surface area is 240 Å². The van der Waals surface area contributed by atoms with Gasteiger partial charge in [0.05, 0.1) is 36.5 Å². The minimum atomic E-state index is -0.360. The van der Waals surface area contributed by atoms with Gasteiger partial charge in [-0.1, -0.05) is 26.8 Å². The summed E-state index contributed by atoms with van der Waals surface area (Å²) in [6.45, 7) is 8.74. The predicted molar refractivity (Wildman–Crippen MR) is 159 cm³/mol. The second-order valence-corrected chi connectivity index (χ2v) is 12.7. The molecule has 1 aromatic heterocycles. The first-order valence-electron chi connectivity index (χ1n) is 14.7. The first kappa shape index (κ1) is 27.7. The maximum absolute atomic E-state index is 14.4. The van der Waals surface area contributed by atoms with Crippen molar-refractivity contribution in [1.82, 2.24) is 14.5 Å². The van der Waals surface area contributed by atoms with Gasteiger partial charge in [-0.25, -0.2) is 14.4 Å². The summed E-state index contributed by atoms with van der Waals surface area (Å²) in [4.78, 5) is 25.2. The van der Waals surface area contributed by atoms with Crippen molar-refractivity contribution in [3.63, 3.8) is 0 Å². The maximum Gasteiger partial charge on any atom is 0.261 e. The lowest BCUT2D eigenvalue weighted by molar-refractivity contribution is -0.108. The molecule has 2 unspecified atom stereocenters. The number of aliphatic imine (C=N–C) groups is 1. The monoisotopic (exact) mass is 561 g/mol. The Hall–Kier alpha value is -3.46. The van der Waals surface area contributed by atoms with Crippen LogP contribution in [0, 0.1) is 29.0 Å². The summed E-state index contributed by atoms with van der Waals surface area (Å²) >= 11 is 0. The molecule has 0 spiro atoms. The topological polar surface area (TPSA) is 92.0 Å². The minimum absolute atomic E-state index is 0.162. The summed E-state index contributed by atoms with van der Waals surface area (Å²) < 4.78 is 21.0. The van der Waals surface area contributed by atoms with Crippen LogP contribution >= 0.6 is 0 Å². The molecular weight excluding hydrogens is 521 g/mol. The van der Waals surface area contributed by atoms with Crippen molar-refractivity contribution >= 4 is 22.5 Å². The van der Waals surface area contributed by atoms with Gasteiger partial charge in [0.25, 0.3) is 5.56 Å². The number of benzene rings is 2. The van der Waals surface area contributed by atoms with E-state index in [0.29, 0.717) is 64.9 Å². The molecule has 2 bridgehead atoms. The maximum atomic E-state index is 14.4. The van der Waals surface area contributed by atoms with Crippen molar-refractivity contribution < 1.29 is 14.2 Å². The van der Waals surface area contributed by atoms with E-state index in [0.717, 1.165) is 31.0 Å². The number of rotatable bonds is 6. The number of aliphatic hydroxyl groups excluding tert-OH is 1. The number of β-amino-alcohol motifs (C(OH)–C–C–N with tert-alkyl or cyclic N) is 1. The Balaban J connectivity index is 1.21. The van der Waals surface area contributed by atoms with Gasteiger partial charge < -0.3 is 20.1 Å². The molecule has 3 saturated carbocycles. The summed E-state index contributed by atoms with van der Waals surface area (Å²) in [6, 6.07) is 10.5. The van der Waals surface area contributed by atoms with Crippen molar-refractivity contribution in [3.8, 4) is 5.75 Å². The summed E-state index contributed by atoms with van der Waals surface area (Å²) in [5.41, 5.74) is 2.13. The molecule has 9 heteroatoms. The Bertz CT molecular complexity index is 1540. The highest BCUT2D eigenvalue weighted by molar-refractivity contribution is 5.96. The fraction of sp³-hybridized carbons (Fsp3) is 0.531. The number of ether oxygens (including phenoxy) is 1. The van der Waals surface area contributed by atoms with Crippen LogP contribution in [0.25, 0.3) is 10.9 Å². The lowest BCUT2D eigenvalue weighted by Crippen LogP contribution is -2.56. The van der Waals surface area contributed by atoms with Gasteiger partial charge in [-0.3, -0.25) is 9.36 Å². The van der Waals surface area contributed by atoms with Crippen LogP contribution < -0.4 is 15.6 Å². The molecule has 2 heterocycles. The first-order valence-corrected chi connectivity index (χ1v) is 14.7. The number of nitrogens with zero attached hydrogens (tertiary/aromatic N) is 4. The molecule has 4 aliphatic rings. The SMILES string of the molecule is COc1ccc(CCn2cnc3cc(NC(=N[C@H]4C[C@@H]5C[C@H](C4C)C5(C)C)N4CCC(O)C4)ccc3c2=O)c(F)c1. The van der Waals surface area contributed by atoms with Crippen molar-refractivity contribution in [2.75, 3.05) is 25.5 Å². The van der Waals surface area contributed by atoms with E-state index in [1.807, 2.05) is 12.1 Å². The second kappa shape index (κ2) is 10.7. The highest BCUT2D eigenvalue weighted by Crippen LogP contribution is 2.61. The Kier molecular flexibility index (Phi) is 7.26. The molecule has 5 atom stereocenters. The number of anilines is 1. The Morgan fingerprint density at radius 3 is 2.76 bits per heavy atom. The van der Waals surface area contributed by atoms with E-state index >= 15 is 0 Å². The molecule has 1 saturated heterocycles. The third kappa shape index (κ3) is 5.20. The normalized spacial score (nSPS) is 27.1. The van der Waals surface area contributed by atoms with E-state index in [4.69, 9.17) is 9.73 Å². The van der Waals surface area contributed by atoms with E-state index in [-0.39, 0.29) is 23.5 Å². The van der Waals surface area contributed by atoms with Gasteiger partial charge in [-0.2, -0.15) is 0 Å². The van der Waals surface area contributed by atoms with Crippen LogP contribution in [-0.2, 0) is 13.0 Å². The largest absolute Gasteiger partial charge is 0.497 e. The first-order chi connectivity index (χ1) is 19.6. The average molecular weight is 562 g/mol. The third-order valence-electron chi connectivity index (χ3n) is 10.0. The van der Waals surface area contributed by atoms with Gasteiger partial charge in [0.15, 0.2) is 5.96 Å². The quantitative estimate of drug-likeness (QED) is 0.335. The van der Waals surface area contributed by atoms with Gasteiger partial charge in [-0.15, -0.1) is 0 Å². The second-order valence-electron chi connectivity index (χ2n) is 12.7. The van der Waals surface area contributed by atoms with Crippen LogP contribution in [0.4, 0.5) is 10.1 Å². The van der Waals surface area contributed by atoms with Gasteiger partial charge in [-0.05, 0) is 78.7 Å². The van der Waals surface area contributed by atoms with Crippen LogP contribution in [0.1, 0.15) is 45.6 Å². The number of fused-ring (bicyclic) bond motifs is 3. The summed E-state index contributed by atoms with van der Waals surface area (Å²) in [6.07, 6.45) is 4.64. The number of nitrogens with one attached hydrogen (secondary N) is 1. The van der Waals surface area contributed by atoms with E-state index in [9.17, 15) is 14.3 Å². The number of likely N-dealkylation sites (tertiary alicyclic amines) is 1. The standard InChI is InChI=1S/C32H40FN5O3/c1-19-26-13-21(32(26,2)3)14-28(19)36-31(37-12-10-23(39)17-37)35-22-6-8-25-29(15-22)34-18-38(30(25)40)11-9-20-5-7-24(41-4)16-27(20)33/h5-8,15-16,18-19,21,23,26,28,39H,9-14,17H2,1-4H3,(H,35,36)/t19?,21-,23?,26+,28-/m0/s1. The van der Waals surface area contributed by atoms with Crippen molar-refractivity contribution in [2.24, 2.45) is 28.2 Å². The molecule has 7 rings (SSSR count). The number of aromatic nitrogens is 2. The Morgan fingerprint density at radius 2 is 2.07 bits per heavy atom. The number of hydrogen-bond acceptors (Lipinski definition) is 5. The molecule has 4 fully saturated rings. The number of aryl methyl sites for hydroxylation is 2. The van der Waals surface area contributed by atoms with Crippen LogP contribution in [0.2, 0.25) is 0 Å².